The maximum atomic E-state index is 13.1. The summed E-state index contributed by atoms with van der Waals surface area (Å²) in [5.74, 6) is -3.06. The Kier molecular flexibility index (Phi) is 4.50. The van der Waals surface area contributed by atoms with Crippen molar-refractivity contribution in [3.63, 3.8) is 0 Å². The number of carboxylic acid groups (broad SMARTS) is 1. The van der Waals surface area contributed by atoms with E-state index in [1.165, 1.54) is 18.2 Å². The van der Waals surface area contributed by atoms with E-state index in [-0.39, 0.29) is 17.6 Å². The Morgan fingerprint density at radius 1 is 1.36 bits per heavy atom. The molecule has 0 radical (unpaired) electrons. The zero-order chi connectivity index (χ0) is 16.3. The summed E-state index contributed by atoms with van der Waals surface area (Å²) in [4.78, 5) is 26.8. The molecule has 0 fully saturated rings. The molecule has 2 N–H and O–H groups in total. The summed E-state index contributed by atoms with van der Waals surface area (Å²) in [7, 11) is 0. The van der Waals surface area contributed by atoms with Gasteiger partial charge in [-0.25, -0.2) is 9.18 Å². The second kappa shape index (κ2) is 6.33. The summed E-state index contributed by atoms with van der Waals surface area (Å²) in [6.07, 6.45) is 0. The largest absolute Gasteiger partial charge is 0.480 e. The lowest BCUT2D eigenvalue weighted by molar-refractivity contribution is -0.140. The average Bonchev–Trinajstić information content (AvgIpc) is 2.93. The third-order valence-electron chi connectivity index (χ3n) is 2.92. The second-order valence-electron chi connectivity index (χ2n) is 4.97. The number of carboxylic acids is 1. The number of nitrogens with one attached hydrogen (secondary N) is 1. The Labute approximate surface area is 125 Å². The van der Waals surface area contributed by atoms with Crippen LogP contribution < -0.4 is 5.32 Å². The molecule has 1 heterocycles. The molecule has 0 aliphatic rings. The molecule has 1 aromatic heterocycles. The van der Waals surface area contributed by atoms with Crippen LogP contribution in [0, 0.1) is 11.7 Å². The number of hydrogen-bond acceptors (Lipinski definition) is 5. The van der Waals surface area contributed by atoms with E-state index in [1.807, 2.05) is 0 Å². The Hall–Kier alpha value is -2.77. The van der Waals surface area contributed by atoms with Crippen LogP contribution in [0.2, 0.25) is 0 Å². The van der Waals surface area contributed by atoms with Crippen molar-refractivity contribution in [1.82, 2.24) is 15.5 Å². The van der Waals surface area contributed by atoms with Crippen molar-refractivity contribution >= 4 is 11.9 Å². The second-order valence-corrected chi connectivity index (χ2v) is 4.97. The molecular weight excluding hydrogens is 293 g/mol. The first-order chi connectivity index (χ1) is 10.4. The molecule has 22 heavy (non-hydrogen) atoms. The third-order valence-corrected chi connectivity index (χ3v) is 2.92. The number of carbonyl (C=O) groups excluding carboxylic acids is 1. The minimum Gasteiger partial charge on any atom is -0.480 e. The molecular formula is C14H14FN3O4. The number of rotatable bonds is 5. The molecule has 8 heteroatoms. The topological polar surface area (TPSA) is 105 Å². The molecule has 1 amide bonds. The fourth-order valence-corrected chi connectivity index (χ4v) is 1.77. The van der Waals surface area contributed by atoms with Crippen LogP contribution in [0.15, 0.2) is 28.8 Å². The quantitative estimate of drug-likeness (QED) is 0.871. The highest BCUT2D eigenvalue weighted by Gasteiger charge is 2.26. The highest BCUT2D eigenvalue weighted by molar-refractivity contribution is 5.93. The highest BCUT2D eigenvalue weighted by atomic mass is 19.1. The average molecular weight is 307 g/mol. The van der Waals surface area contributed by atoms with Crippen LogP contribution in [0.25, 0.3) is 11.5 Å². The lowest BCUT2D eigenvalue weighted by Gasteiger charge is -2.16. The van der Waals surface area contributed by atoms with Gasteiger partial charge in [-0.2, -0.15) is 4.98 Å². The number of amides is 1. The summed E-state index contributed by atoms with van der Waals surface area (Å²) in [6, 6.07) is 4.39. The number of aromatic nitrogens is 2. The van der Waals surface area contributed by atoms with Crippen molar-refractivity contribution in [3.05, 3.63) is 35.9 Å². The normalized spacial score (nSPS) is 12.2. The maximum Gasteiger partial charge on any atom is 0.326 e. The lowest BCUT2D eigenvalue weighted by atomic mass is 10.0. The van der Waals surface area contributed by atoms with Gasteiger partial charge in [0.25, 0.3) is 17.6 Å². The van der Waals surface area contributed by atoms with E-state index in [4.69, 9.17) is 9.63 Å². The van der Waals surface area contributed by atoms with Crippen molar-refractivity contribution < 1.29 is 23.6 Å². The van der Waals surface area contributed by atoms with Gasteiger partial charge in [-0.05, 0) is 24.1 Å². The van der Waals surface area contributed by atoms with E-state index in [1.54, 1.807) is 19.9 Å². The van der Waals surface area contributed by atoms with Crippen LogP contribution in [0.1, 0.15) is 24.5 Å². The number of nitrogens with zero attached hydrogens (tertiary/aromatic N) is 2. The smallest absolute Gasteiger partial charge is 0.326 e. The van der Waals surface area contributed by atoms with Crippen LogP contribution >= 0.6 is 0 Å². The van der Waals surface area contributed by atoms with Gasteiger partial charge in [0.1, 0.15) is 11.9 Å². The summed E-state index contributed by atoms with van der Waals surface area (Å²) >= 11 is 0. The van der Waals surface area contributed by atoms with Gasteiger partial charge in [0.2, 0.25) is 0 Å². The van der Waals surface area contributed by atoms with Crippen LogP contribution in [0.4, 0.5) is 4.39 Å². The summed E-state index contributed by atoms with van der Waals surface area (Å²) in [6.45, 7) is 3.32. The first-order valence-corrected chi connectivity index (χ1v) is 6.52. The lowest BCUT2D eigenvalue weighted by Crippen LogP contribution is -2.44. The molecule has 0 unspecified atom stereocenters. The van der Waals surface area contributed by atoms with Crippen molar-refractivity contribution in [2.45, 2.75) is 19.9 Å². The van der Waals surface area contributed by atoms with Crippen molar-refractivity contribution in [3.8, 4) is 11.5 Å². The van der Waals surface area contributed by atoms with E-state index in [0.29, 0.717) is 5.56 Å². The monoisotopic (exact) mass is 307 g/mol. The van der Waals surface area contributed by atoms with Gasteiger partial charge in [-0.3, -0.25) is 4.79 Å². The molecule has 2 aromatic rings. The molecule has 0 saturated carbocycles. The number of aliphatic carboxylic acids is 1. The van der Waals surface area contributed by atoms with Crippen molar-refractivity contribution in [1.29, 1.82) is 0 Å². The molecule has 0 aliphatic heterocycles. The SMILES string of the molecule is CC(C)[C@H](NC(=O)c1noc(-c2cccc(F)c2)n1)C(=O)O. The van der Waals surface area contributed by atoms with Gasteiger partial charge in [-0.15, -0.1) is 0 Å². The van der Waals surface area contributed by atoms with Crippen LogP contribution in [-0.4, -0.2) is 33.2 Å². The van der Waals surface area contributed by atoms with Gasteiger partial charge in [-0.1, -0.05) is 25.1 Å². The van der Waals surface area contributed by atoms with E-state index in [0.717, 1.165) is 0 Å². The molecule has 7 nitrogen and oxygen atoms in total. The Bertz CT molecular complexity index is 699. The standard InChI is InChI=1S/C14H14FN3O4/c1-7(2)10(14(20)21)16-12(19)11-17-13(22-18-11)8-4-3-5-9(15)6-8/h3-7,10H,1-2H3,(H,16,19)(H,20,21)/t10-/m0/s1. The van der Waals surface area contributed by atoms with Crippen molar-refractivity contribution in [2.75, 3.05) is 0 Å². The fraction of sp³-hybridized carbons (Fsp3) is 0.286. The zero-order valence-corrected chi connectivity index (χ0v) is 11.9. The van der Waals surface area contributed by atoms with Gasteiger partial charge >= 0.3 is 5.97 Å². The first-order valence-electron chi connectivity index (χ1n) is 6.52. The number of carbonyl (C=O) groups is 2. The minimum atomic E-state index is -1.16. The molecule has 1 aromatic carbocycles. The van der Waals surface area contributed by atoms with Crippen LogP contribution in [-0.2, 0) is 4.79 Å². The van der Waals surface area contributed by atoms with Crippen LogP contribution in [0.5, 0.6) is 0 Å². The van der Waals surface area contributed by atoms with Crippen molar-refractivity contribution in [2.24, 2.45) is 5.92 Å². The molecule has 0 spiro atoms. The fourth-order valence-electron chi connectivity index (χ4n) is 1.77. The Morgan fingerprint density at radius 3 is 2.68 bits per heavy atom. The van der Waals surface area contributed by atoms with Crippen LogP contribution in [0.3, 0.4) is 0 Å². The third kappa shape index (κ3) is 3.46. The molecule has 2 rings (SSSR count). The predicted molar refractivity (Wildman–Crippen MR) is 73.4 cm³/mol. The molecule has 0 bridgehead atoms. The molecule has 0 saturated heterocycles. The maximum absolute atomic E-state index is 13.1. The predicted octanol–water partition coefficient (Wildman–Crippen LogP) is 1.71. The van der Waals surface area contributed by atoms with E-state index in [2.05, 4.69) is 15.5 Å². The number of benzene rings is 1. The van der Waals surface area contributed by atoms with E-state index < -0.39 is 23.7 Å². The first kappa shape index (κ1) is 15.6. The molecule has 1 atom stereocenters. The molecule has 0 aliphatic carbocycles. The summed E-state index contributed by atoms with van der Waals surface area (Å²) in [5, 5.41) is 14.8. The Morgan fingerprint density at radius 2 is 2.09 bits per heavy atom. The van der Waals surface area contributed by atoms with E-state index in [9.17, 15) is 14.0 Å². The highest BCUT2D eigenvalue weighted by Crippen LogP contribution is 2.18. The zero-order valence-electron chi connectivity index (χ0n) is 11.9. The van der Waals surface area contributed by atoms with Gasteiger partial charge < -0.3 is 14.9 Å². The number of hydrogen-bond donors (Lipinski definition) is 2. The summed E-state index contributed by atoms with van der Waals surface area (Å²) < 4.78 is 18.0. The van der Waals surface area contributed by atoms with Gasteiger partial charge in [0.05, 0.1) is 0 Å². The summed E-state index contributed by atoms with van der Waals surface area (Å²) in [5.41, 5.74) is 0.324. The minimum absolute atomic E-state index is 0.0268. The Balaban J connectivity index is 2.17. The molecule has 116 valence electrons. The van der Waals surface area contributed by atoms with E-state index >= 15 is 0 Å². The van der Waals surface area contributed by atoms with Gasteiger partial charge in [0, 0.05) is 5.56 Å². The number of halogens is 1. The van der Waals surface area contributed by atoms with Gasteiger partial charge in [0.15, 0.2) is 0 Å².